The van der Waals surface area contributed by atoms with Crippen LogP contribution in [-0.4, -0.2) is 16.7 Å². The molecule has 0 saturated heterocycles. The van der Waals surface area contributed by atoms with Gasteiger partial charge in [0.05, 0.1) is 0 Å². The SMILES string of the molecule is CC(C)(Oc1ccc([C@@H]2CCCc3ccccc32)cc1)C(=O)O. The van der Waals surface area contributed by atoms with Crippen molar-refractivity contribution in [3.8, 4) is 5.75 Å². The van der Waals surface area contributed by atoms with E-state index in [9.17, 15) is 4.79 Å². The Labute approximate surface area is 136 Å². The number of carbonyl (C=O) groups is 1. The van der Waals surface area contributed by atoms with Crippen molar-refractivity contribution >= 4 is 5.97 Å². The fraction of sp³-hybridized carbons (Fsp3) is 0.350. The first kappa shape index (κ1) is 15.6. The van der Waals surface area contributed by atoms with Crippen molar-refractivity contribution in [3.05, 3.63) is 65.2 Å². The van der Waals surface area contributed by atoms with Gasteiger partial charge in [0, 0.05) is 5.92 Å². The van der Waals surface area contributed by atoms with Crippen molar-refractivity contribution < 1.29 is 14.6 Å². The van der Waals surface area contributed by atoms with E-state index in [1.54, 1.807) is 13.8 Å². The van der Waals surface area contributed by atoms with Gasteiger partial charge in [-0.05, 0) is 61.9 Å². The fourth-order valence-electron chi connectivity index (χ4n) is 3.21. The minimum absolute atomic E-state index is 0.418. The van der Waals surface area contributed by atoms with Gasteiger partial charge in [-0.1, -0.05) is 36.4 Å². The summed E-state index contributed by atoms with van der Waals surface area (Å²) in [5.41, 5.74) is 2.89. The molecular formula is C20H22O3. The van der Waals surface area contributed by atoms with Crippen LogP contribution in [0.4, 0.5) is 0 Å². The Kier molecular flexibility index (Phi) is 4.12. The van der Waals surface area contributed by atoms with Gasteiger partial charge < -0.3 is 9.84 Å². The van der Waals surface area contributed by atoms with E-state index in [1.165, 1.54) is 23.1 Å². The van der Waals surface area contributed by atoms with Crippen molar-refractivity contribution in [2.24, 2.45) is 0 Å². The lowest BCUT2D eigenvalue weighted by Gasteiger charge is -2.26. The third-order valence-corrected chi connectivity index (χ3v) is 4.54. The Balaban J connectivity index is 1.82. The van der Waals surface area contributed by atoms with Crippen LogP contribution >= 0.6 is 0 Å². The second kappa shape index (κ2) is 6.07. The van der Waals surface area contributed by atoms with Crippen molar-refractivity contribution in [1.29, 1.82) is 0 Å². The standard InChI is InChI=1S/C20H22O3/c1-20(2,19(21)22)23-16-12-10-15(11-13-16)18-9-5-7-14-6-3-4-8-17(14)18/h3-4,6,8,10-13,18H,5,7,9H2,1-2H3,(H,21,22)/t18-/m0/s1. The largest absolute Gasteiger partial charge is 0.478 e. The van der Waals surface area contributed by atoms with E-state index < -0.39 is 11.6 Å². The summed E-state index contributed by atoms with van der Waals surface area (Å²) in [6.45, 7) is 3.11. The monoisotopic (exact) mass is 310 g/mol. The minimum atomic E-state index is -1.22. The highest BCUT2D eigenvalue weighted by Gasteiger charge is 2.29. The van der Waals surface area contributed by atoms with E-state index in [0.29, 0.717) is 11.7 Å². The molecule has 0 unspecified atom stereocenters. The van der Waals surface area contributed by atoms with E-state index in [0.717, 1.165) is 12.8 Å². The molecule has 0 amide bonds. The van der Waals surface area contributed by atoms with Crippen LogP contribution in [0.1, 0.15) is 49.3 Å². The van der Waals surface area contributed by atoms with Gasteiger partial charge in [-0.3, -0.25) is 0 Å². The average molecular weight is 310 g/mol. The van der Waals surface area contributed by atoms with Gasteiger partial charge in [-0.25, -0.2) is 4.79 Å². The van der Waals surface area contributed by atoms with Gasteiger partial charge in [-0.2, -0.15) is 0 Å². The van der Waals surface area contributed by atoms with Gasteiger partial charge in [0.1, 0.15) is 5.75 Å². The third-order valence-electron chi connectivity index (χ3n) is 4.54. The zero-order valence-corrected chi connectivity index (χ0v) is 13.6. The number of benzene rings is 2. The molecule has 0 fully saturated rings. The molecule has 3 rings (SSSR count). The first-order chi connectivity index (χ1) is 11.0. The number of fused-ring (bicyclic) bond motifs is 1. The van der Waals surface area contributed by atoms with Crippen LogP contribution in [0.5, 0.6) is 5.75 Å². The smallest absolute Gasteiger partial charge is 0.347 e. The van der Waals surface area contributed by atoms with E-state index in [2.05, 4.69) is 36.4 Å². The van der Waals surface area contributed by atoms with Crippen molar-refractivity contribution in [2.75, 3.05) is 0 Å². The summed E-state index contributed by atoms with van der Waals surface area (Å²) < 4.78 is 5.58. The fourth-order valence-corrected chi connectivity index (χ4v) is 3.21. The minimum Gasteiger partial charge on any atom is -0.478 e. The Morgan fingerprint density at radius 1 is 1.13 bits per heavy atom. The zero-order valence-electron chi connectivity index (χ0n) is 13.6. The number of carboxylic acid groups (broad SMARTS) is 1. The highest BCUT2D eigenvalue weighted by molar-refractivity contribution is 5.76. The summed E-state index contributed by atoms with van der Waals surface area (Å²) in [6.07, 6.45) is 3.50. The van der Waals surface area contributed by atoms with Crippen LogP contribution in [0.2, 0.25) is 0 Å². The summed E-state index contributed by atoms with van der Waals surface area (Å²) in [6, 6.07) is 16.5. The molecule has 1 aliphatic carbocycles. The molecule has 2 aromatic rings. The van der Waals surface area contributed by atoms with Gasteiger partial charge in [0.15, 0.2) is 5.60 Å². The molecule has 0 spiro atoms. The molecular weight excluding hydrogens is 288 g/mol. The van der Waals surface area contributed by atoms with E-state index in [-0.39, 0.29) is 0 Å². The molecule has 0 bridgehead atoms. The summed E-state index contributed by atoms with van der Waals surface area (Å²) in [5.74, 6) is 0.0366. The highest BCUT2D eigenvalue weighted by atomic mass is 16.5. The Hall–Kier alpha value is -2.29. The predicted octanol–water partition coefficient (Wildman–Crippen LogP) is 4.40. The van der Waals surface area contributed by atoms with E-state index >= 15 is 0 Å². The molecule has 0 aliphatic heterocycles. The molecule has 3 heteroatoms. The first-order valence-electron chi connectivity index (χ1n) is 8.07. The highest BCUT2D eigenvalue weighted by Crippen LogP contribution is 2.37. The quantitative estimate of drug-likeness (QED) is 0.910. The van der Waals surface area contributed by atoms with Gasteiger partial charge >= 0.3 is 5.97 Å². The molecule has 1 atom stereocenters. The summed E-state index contributed by atoms with van der Waals surface area (Å²) in [5, 5.41) is 9.15. The molecule has 0 radical (unpaired) electrons. The molecule has 23 heavy (non-hydrogen) atoms. The van der Waals surface area contributed by atoms with E-state index in [4.69, 9.17) is 9.84 Å². The number of ether oxygens (including phenoxy) is 1. The van der Waals surface area contributed by atoms with Crippen LogP contribution < -0.4 is 4.74 Å². The summed E-state index contributed by atoms with van der Waals surface area (Å²) in [7, 11) is 0. The molecule has 3 nitrogen and oxygen atoms in total. The molecule has 120 valence electrons. The van der Waals surface area contributed by atoms with Gasteiger partial charge in [-0.15, -0.1) is 0 Å². The molecule has 1 aliphatic rings. The normalized spacial score (nSPS) is 17.4. The topological polar surface area (TPSA) is 46.5 Å². The third kappa shape index (κ3) is 3.24. The zero-order chi connectivity index (χ0) is 16.4. The van der Waals surface area contributed by atoms with Gasteiger partial charge in [0.2, 0.25) is 0 Å². The maximum atomic E-state index is 11.2. The maximum Gasteiger partial charge on any atom is 0.347 e. The second-order valence-electron chi connectivity index (χ2n) is 6.63. The second-order valence-corrected chi connectivity index (χ2v) is 6.63. The molecule has 1 N–H and O–H groups in total. The number of hydrogen-bond acceptors (Lipinski definition) is 2. The predicted molar refractivity (Wildman–Crippen MR) is 90.0 cm³/mol. The Morgan fingerprint density at radius 3 is 2.52 bits per heavy atom. The number of rotatable bonds is 4. The van der Waals surface area contributed by atoms with Crippen LogP contribution in [0.3, 0.4) is 0 Å². The molecule has 2 aromatic carbocycles. The lowest BCUT2D eigenvalue weighted by atomic mass is 9.79. The number of aliphatic carboxylic acids is 1. The van der Waals surface area contributed by atoms with Crippen molar-refractivity contribution in [3.63, 3.8) is 0 Å². The molecule has 0 saturated carbocycles. The van der Waals surface area contributed by atoms with Crippen LogP contribution in [0, 0.1) is 0 Å². The average Bonchev–Trinajstić information content (AvgIpc) is 2.55. The number of carboxylic acids is 1. The van der Waals surface area contributed by atoms with Gasteiger partial charge in [0.25, 0.3) is 0 Å². The summed E-state index contributed by atoms with van der Waals surface area (Å²) >= 11 is 0. The summed E-state index contributed by atoms with van der Waals surface area (Å²) in [4.78, 5) is 11.2. The lowest BCUT2D eigenvalue weighted by molar-refractivity contribution is -0.152. The van der Waals surface area contributed by atoms with E-state index in [1.807, 2.05) is 12.1 Å². The molecule has 0 heterocycles. The maximum absolute atomic E-state index is 11.2. The number of hydrogen-bond donors (Lipinski definition) is 1. The van der Waals surface area contributed by atoms with Crippen LogP contribution in [-0.2, 0) is 11.2 Å². The van der Waals surface area contributed by atoms with Crippen molar-refractivity contribution in [1.82, 2.24) is 0 Å². The van der Waals surface area contributed by atoms with Crippen molar-refractivity contribution in [2.45, 2.75) is 44.6 Å². The van der Waals surface area contributed by atoms with Crippen LogP contribution in [0.15, 0.2) is 48.5 Å². The number of aryl methyl sites for hydroxylation is 1. The Morgan fingerprint density at radius 2 is 1.83 bits per heavy atom. The first-order valence-corrected chi connectivity index (χ1v) is 8.07. The Bertz CT molecular complexity index is 701. The molecule has 0 aromatic heterocycles. The van der Waals surface area contributed by atoms with Crippen LogP contribution in [0.25, 0.3) is 0 Å². The lowest BCUT2D eigenvalue weighted by Crippen LogP contribution is -2.37.